The van der Waals surface area contributed by atoms with E-state index in [0.29, 0.717) is 11.6 Å². The number of ketones is 1. The topological polar surface area (TPSA) is 57.6 Å². The summed E-state index contributed by atoms with van der Waals surface area (Å²) >= 11 is 6.00. The number of amides is 1. The molecule has 4 nitrogen and oxygen atoms in total. The molecule has 0 unspecified atom stereocenters. The van der Waals surface area contributed by atoms with Crippen LogP contribution >= 0.6 is 11.6 Å². The lowest BCUT2D eigenvalue weighted by Crippen LogP contribution is -2.32. The number of Topliss-reactive ketones (excluding diaryl/α,β-unsaturated/α-hetero) is 1. The highest BCUT2D eigenvalue weighted by molar-refractivity contribution is 6.30. The van der Waals surface area contributed by atoms with Gasteiger partial charge in [-0.1, -0.05) is 114 Å². The van der Waals surface area contributed by atoms with Crippen molar-refractivity contribution in [1.82, 2.24) is 4.90 Å². The molecule has 1 aliphatic heterocycles. The number of hydrogen-bond donors (Lipinski definition) is 1. The van der Waals surface area contributed by atoms with E-state index in [1.54, 1.807) is 17.0 Å². The number of rotatable bonds is 17. The Balaban J connectivity index is 1.68. The first-order valence-corrected chi connectivity index (χ1v) is 13.4. The van der Waals surface area contributed by atoms with Crippen LogP contribution in [-0.4, -0.2) is 28.2 Å². The summed E-state index contributed by atoms with van der Waals surface area (Å²) in [5.41, 5.74) is 0.986. The first-order chi connectivity index (χ1) is 16.0. The van der Waals surface area contributed by atoms with Crippen molar-refractivity contribution in [1.29, 1.82) is 0 Å². The Labute approximate surface area is 205 Å². The van der Waals surface area contributed by atoms with Crippen LogP contribution in [0.1, 0.15) is 115 Å². The van der Waals surface area contributed by atoms with Crippen LogP contribution in [0.25, 0.3) is 0 Å². The van der Waals surface area contributed by atoms with Crippen molar-refractivity contribution in [3.05, 3.63) is 46.2 Å². The largest absolute Gasteiger partial charge is 0.503 e. The number of nitrogens with zero attached hydrogens (tertiary/aromatic N) is 1. The smallest absolute Gasteiger partial charge is 0.290 e. The highest BCUT2D eigenvalue weighted by atomic mass is 35.5. The number of unbranched alkanes of at least 4 members (excludes halogenated alkanes) is 13. The molecule has 1 amide bonds. The first-order valence-electron chi connectivity index (χ1n) is 13.0. The van der Waals surface area contributed by atoms with Gasteiger partial charge >= 0.3 is 0 Å². The summed E-state index contributed by atoms with van der Waals surface area (Å²) < 4.78 is 0. The Bertz CT molecular complexity index is 772. The lowest BCUT2D eigenvalue weighted by Gasteiger charge is -2.26. The van der Waals surface area contributed by atoms with E-state index in [0.717, 1.165) is 24.8 Å². The third-order valence-electron chi connectivity index (χ3n) is 6.62. The maximum atomic E-state index is 12.7. The number of aliphatic hydroxyl groups excluding tert-OH is 1. The molecule has 0 saturated carbocycles. The molecule has 0 bridgehead atoms. The first kappa shape index (κ1) is 27.4. The second-order valence-corrected chi connectivity index (χ2v) is 9.80. The normalized spacial score (nSPS) is 16.2. The summed E-state index contributed by atoms with van der Waals surface area (Å²) in [6, 6.07) is 6.60. The monoisotopic (exact) mass is 475 g/mol. The second kappa shape index (κ2) is 15.2. The molecule has 0 spiro atoms. The van der Waals surface area contributed by atoms with Crippen molar-refractivity contribution >= 4 is 23.3 Å². The Morgan fingerprint density at radius 3 is 1.76 bits per heavy atom. The third-order valence-corrected chi connectivity index (χ3v) is 6.87. The molecule has 1 heterocycles. The minimum absolute atomic E-state index is 0.188. The second-order valence-electron chi connectivity index (χ2n) is 9.37. The van der Waals surface area contributed by atoms with E-state index in [1.165, 1.54) is 77.6 Å². The van der Waals surface area contributed by atoms with Gasteiger partial charge in [0.05, 0.1) is 11.6 Å². The number of carbonyl (C=O) groups is 2. The standard InChI is InChI=1S/C28H42ClNO3/c1-3-4-5-6-7-8-9-10-11-12-13-14-15-16-21-30-26(23-17-19-24(29)20-18-23)25(22(2)31)27(32)28(30)33/h17-20,26,32H,3-16,21H2,1-2H3/t26-/m1/s1. The molecule has 0 aliphatic carbocycles. The van der Waals surface area contributed by atoms with Gasteiger partial charge in [0.15, 0.2) is 11.5 Å². The molecule has 33 heavy (non-hydrogen) atoms. The number of aliphatic hydroxyl groups is 1. The summed E-state index contributed by atoms with van der Waals surface area (Å²) in [7, 11) is 0. The van der Waals surface area contributed by atoms with Gasteiger partial charge in [-0.15, -0.1) is 0 Å². The molecule has 1 atom stereocenters. The molecule has 1 N–H and O–H groups in total. The van der Waals surface area contributed by atoms with E-state index < -0.39 is 17.7 Å². The highest BCUT2D eigenvalue weighted by Gasteiger charge is 2.41. The summed E-state index contributed by atoms with van der Waals surface area (Å²) in [6.45, 7) is 4.19. The molecule has 2 rings (SSSR count). The molecule has 184 valence electrons. The van der Waals surface area contributed by atoms with Crippen molar-refractivity contribution in [2.45, 2.75) is 110 Å². The maximum Gasteiger partial charge on any atom is 0.290 e. The summed E-state index contributed by atoms with van der Waals surface area (Å²) in [5.74, 6) is -1.13. The van der Waals surface area contributed by atoms with E-state index in [4.69, 9.17) is 11.6 Å². The predicted octanol–water partition coefficient (Wildman–Crippen LogP) is 8.11. The maximum absolute atomic E-state index is 12.7. The van der Waals surface area contributed by atoms with Crippen LogP contribution in [0, 0.1) is 0 Å². The van der Waals surface area contributed by atoms with Gasteiger partial charge in [-0.2, -0.15) is 0 Å². The zero-order chi connectivity index (χ0) is 24.1. The van der Waals surface area contributed by atoms with Crippen molar-refractivity contribution in [3.63, 3.8) is 0 Å². The number of benzene rings is 1. The summed E-state index contributed by atoms with van der Waals surface area (Å²) in [6.07, 6.45) is 17.9. The van der Waals surface area contributed by atoms with Crippen LogP contribution in [0.15, 0.2) is 35.6 Å². The van der Waals surface area contributed by atoms with Crippen LogP contribution in [0.2, 0.25) is 5.02 Å². The van der Waals surface area contributed by atoms with Gasteiger partial charge in [-0.25, -0.2) is 0 Å². The molecule has 0 aromatic heterocycles. The number of halogens is 1. The fourth-order valence-corrected chi connectivity index (χ4v) is 4.84. The van der Waals surface area contributed by atoms with Gasteiger partial charge in [0.1, 0.15) is 0 Å². The van der Waals surface area contributed by atoms with Crippen molar-refractivity contribution in [3.8, 4) is 0 Å². The highest BCUT2D eigenvalue weighted by Crippen LogP contribution is 2.38. The molecular weight excluding hydrogens is 434 g/mol. The van der Waals surface area contributed by atoms with Crippen LogP contribution in [-0.2, 0) is 9.59 Å². The van der Waals surface area contributed by atoms with E-state index in [9.17, 15) is 14.7 Å². The zero-order valence-electron chi connectivity index (χ0n) is 20.6. The molecule has 0 radical (unpaired) electrons. The average Bonchev–Trinajstić information content (AvgIpc) is 3.05. The molecule has 1 aliphatic rings. The molecular formula is C28H42ClNO3. The molecule has 1 aromatic rings. The minimum Gasteiger partial charge on any atom is -0.503 e. The van der Waals surface area contributed by atoms with Gasteiger partial charge in [0, 0.05) is 11.6 Å². The van der Waals surface area contributed by atoms with Gasteiger partial charge < -0.3 is 10.0 Å². The Hall–Kier alpha value is -1.81. The lowest BCUT2D eigenvalue weighted by atomic mass is 9.96. The van der Waals surface area contributed by atoms with Gasteiger partial charge in [-0.05, 0) is 31.0 Å². The van der Waals surface area contributed by atoms with Gasteiger partial charge in [0.25, 0.3) is 5.91 Å². The minimum atomic E-state index is -0.533. The van der Waals surface area contributed by atoms with Crippen LogP contribution < -0.4 is 0 Å². The molecule has 1 aromatic carbocycles. The van der Waals surface area contributed by atoms with Crippen molar-refractivity contribution in [2.75, 3.05) is 6.54 Å². The average molecular weight is 476 g/mol. The van der Waals surface area contributed by atoms with Crippen LogP contribution in [0.5, 0.6) is 0 Å². The fraction of sp³-hybridized carbons (Fsp3) is 0.643. The quantitative estimate of drug-likeness (QED) is 0.231. The van der Waals surface area contributed by atoms with E-state index in [1.807, 2.05) is 12.1 Å². The van der Waals surface area contributed by atoms with Gasteiger partial charge in [-0.3, -0.25) is 9.59 Å². The Morgan fingerprint density at radius 1 is 0.848 bits per heavy atom. The molecule has 0 fully saturated rings. The van der Waals surface area contributed by atoms with E-state index in [2.05, 4.69) is 6.92 Å². The summed E-state index contributed by atoms with van der Waals surface area (Å²) in [5, 5.41) is 10.9. The predicted molar refractivity (Wildman–Crippen MR) is 137 cm³/mol. The summed E-state index contributed by atoms with van der Waals surface area (Å²) in [4.78, 5) is 26.5. The number of hydrogen-bond acceptors (Lipinski definition) is 3. The van der Waals surface area contributed by atoms with Crippen molar-refractivity contribution < 1.29 is 14.7 Å². The molecule has 5 heteroatoms. The van der Waals surface area contributed by atoms with E-state index >= 15 is 0 Å². The SMILES string of the molecule is CCCCCCCCCCCCCCCCN1C(=O)C(O)=C(C(C)=O)[C@H]1c1ccc(Cl)cc1. The Morgan fingerprint density at radius 2 is 1.30 bits per heavy atom. The third kappa shape index (κ3) is 8.81. The lowest BCUT2D eigenvalue weighted by molar-refractivity contribution is -0.129. The van der Waals surface area contributed by atoms with Crippen LogP contribution in [0.3, 0.4) is 0 Å². The fourth-order valence-electron chi connectivity index (χ4n) is 4.71. The van der Waals surface area contributed by atoms with Crippen molar-refractivity contribution in [2.24, 2.45) is 0 Å². The zero-order valence-corrected chi connectivity index (χ0v) is 21.3. The molecule has 0 saturated heterocycles. The van der Waals surface area contributed by atoms with Gasteiger partial charge in [0.2, 0.25) is 0 Å². The number of carbonyl (C=O) groups excluding carboxylic acids is 2. The van der Waals surface area contributed by atoms with Crippen LogP contribution in [0.4, 0.5) is 0 Å². The van der Waals surface area contributed by atoms with E-state index in [-0.39, 0.29) is 11.4 Å². The Kier molecular flexibility index (Phi) is 12.6.